The third-order valence-corrected chi connectivity index (χ3v) is 4.02. The van der Waals surface area contributed by atoms with Crippen LogP contribution in [0.1, 0.15) is 6.92 Å². The van der Waals surface area contributed by atoms with Crippen LogP contribution in [0.5, 0.6) is 0 Å². The molecule has 0 aliphatic carbocycles. The molecule has 0 aromatic heterocycles. The van der Waals surface area contributed by atoms with Gasteiger partial charge in [-0.25, -0.2) is 0 Å². The highest BCUT2D eigenvalue weighted by atomic mass is 79.9. The van der Waals surface area contributed by atoms with E-state index in [4.69, 9.17) is 23.2 Å². The van der Waals surface area contributed by atoms with E-state index in [0.717, 1.165) is 5.01 Å². The predicted octanol–water partition coefficient (Wildman–Crippen LogP) is 3.11. The van der Waals surface area contributed by atoms with Crippen LogP contribution in [-0.2, 0) is 9.59 Å². The van der Waals surface area contributed by atoms with Gasteiger partial charge in [-0.05, 0) is 25.1 Å². The molecule has 21 heavy (non-hydrogen) atoms. The normalized spacial score (nSPS) is 17.7. The lowest BCUT2D eigenvalue weighted by Gasteiger charge is -2.13. The van der Waals surface area contributed by atoms with Crippen LogP contribution in [0.4, 0.5) is 5.69 Å². The fourth-order valence-electron chi connectivity index (χ4n) is 1.56. The highest BCUT2D eigenvalue weighted by Crippen LogP contribution is 2.32. The van der Waals surface area contributed by atoms with Gasteiger partial charge in [0.15, 0.2) is 10.7 Å². The molecule has 1 aromatic rings. The number of hydrogen-bond donors (Lipinski definition) is 1. The van der Waals surface area contributed by atoms with Crippen molar-refractivity contribution in [2.75, 3.05) is 5.01 Å². The second kappa shape index (κ2) is 6.17. The van der Waals surface area contributed by atoms with Gasteiger partial charge in [-0.3, -0.25) is 9.59 Å². The van der Waals surface area contributed by atoms with Crippen LogP contribution in [0.3, 0.4) is 0 Å². The molecule has 1 heterocycles. The molecule has 0 spiro atoms. The second-order valence-corrected chi connectivity index (χ2v) is 6.09. The second-order valence-electron chi connectivity index (χ2n) is 4.33. The molecule has 1 unspecified atom stereocenters. The van der Waals surface area contributed by atoms with Crippen LogP contribution in [0.2, 0.25) is 10.0 Å². The maximum Gasteiger partial charge on any atom is 0.269 e. The first kappa shape index (κ1) is 16.0. The Morgan fingerprint density at radius 1 is 1.48 bits per heavy atom. The SMILES string of the molecule is C=C(C)C(=O)NC1=NN(c2cc(Cl)ccc2Cl)C(=O)C1Br. The minimum Gasteiger partial charge on any atom is -0.308 e. The van der Waals surface area contributed by atoms with Gasteiger partial charge in [-0.1, -0.05) is 45.7 Å². The van der Waals surface area contributed by atoms with Crippen LogP contribution in [-0.4, -0.2) is 22.5 Å². The molecule has 2 rings (SSSR count). The number of amides is 2. The van der Waals surface area contributed by atoms with Gasteiger partial charge >= 0.3 is 0 Å². The number of benzene rings is 1. The minimum atomic E-state index is -0.768. The van der Waals surface area contributed by atoms with Crippen LogP contribution in [0.25, 0.3) is 0 Å². The van der Waals surface area contributed by atoms with Gasteiger partial charge in [0, 0.05) is 10.6 Å². The largest absolute Gasteiger partial charge is 0.308 e. The van der Waals surface area contributed by atoms with E-state index in [-0.39, 0.29) is 11.7 Å². The van der Waals surface area contributed by atoms with Crippen LogP contribution < -0.4 is 10.3 Å². The molecular formula is C13H10BrCl2N3O2. The smallest absolute Gasteiger partial charge is 0.269 e. The van der Waals surface area contributed by atoms with Crippen molar-refractivity contribution in [2.24, 2.45) is 5.10 Å². The molecule has 2 amide bonds. The number of carbonyl (C=O) groups excluding carboxylic acids is 2. The molecule has 0 fully saturated rings. The van der Waals surface area contributed by atoms with Crippen molar-refractivity contribution in [3.63, 3.8) is 0 Å². The predicted molar refractivity (Wildman–Crippen MR) is 87.1 cm³/mol. The maximum absolute atomic E-state index is 12.2. The first-order valence-corrected chi connectivity index (χ1v) is 7.47. The summed E-state index contributed by atoms with van der Waals surface area (Å²) < 4.78 is 0. The van der Waals surface area contributed by atoms with E-state index in [9.17, 15) is 9.59 Å². The van der Waals surface area contributed by atoms with Gasteiger partial charge in [0.1, 0.15) is 0 Å². The number of nitrogens with one attached hydrogen (secondary N) is 1. The molecule has 1 aliphatic rings. The van der Waals surface area contributed by atoms with Crippen molar-refractivity contribution in [3.8, 4) is 0 Å². The summed E-state index contributed by atoms with van der Waals surface area (Å²) in [6, 6.07) is 4.69. The molecule has 1 aliphatic heterocycles. The Hall–Kier alpha value is -1.37. The van der Waals surface area contributed by atoms with Crippen molar-refractivity contribution in [1.82, 2.24) is 5.32 Å². The number of anilines is 1. The number of halogens is 3. The summed E-state index contributed by atoms with van der Waals surface area (Å²) in [6.07, 6.45) is 0. The topological polar surface area (TPSA) is 61.8 Å². The monoisotopic (exact) mass is 389 g/mol. The van der Waals surface area contributed by atoms with E-state index in [1.165, 1.54) is 6.07 Å². The number of alkyl halides is 1. The third kappa shape index (κ3) is 3.28. The molecule has 1 aromatic carbocycles. The molecule has 1 N–H and O–H groups in total. The third-order valence-electron chi connectivity index (χ3n) is 2.64. The first-order valence-electron chi connectivity index (χ1n) is 5.79. The van der Waals surface area contributed by atoms with Gasteiger partial charge in [0.2, 0.25) is 0 Å². The molecule has 0 bridgehead atoms. The highest BCUT2D eigenvalue weighted by molar-refractivity contribution is 9.10. The number of rotatable bonds is 2. The van der Waals surface area contributed by atoms with Crippen molar-refractivity contribution in [1.29, 1.82) is 0 Å². The average Bonchev–Trinajstić information content (AvgIpc) is 2.70. The van der Waals surface area contributed by atoms with E-state index in [1.54, 1.807) is 19.1 Å². The van der Waals surface area contributed by atoms with E-state index < -0.39 is 10.7 Å². The molecule has 0 radical (unpaired) electrons. The van der Waals surface area contributed by atoms with Gasteiger partial charge < -0.3 is 5.32 Å². The highest BCUT2D eigenvalue weighted by Gasteiger charge is 2.36. The summed E-state index contributed by atoms with van der Waals surface area (Å²) in [5.41, 5.74) is 0.655. The van der Waals surface area contributed by atoms with E-state index in [1.807, 2.05) is 0 Å². The lowest BCUT2D eigenvalue weighted by molar-refractivity contribution is -0.116. The molecule has 0 saturated carbocycles. The lowest BCUT2D eigenvalue weighted by Crippen LogP contribution is -2.37. The number of amidine groups is 1. The Morgan fingerprint density at radius 3 is 2.76 bits per heavy atom. The number of nitrogens with zero attached hydrogens (tertiary/aromatic N) is 2. The van der Waals surface area contributed by atoms with Gasteiger partial charge in [0.05, 0.1) is 10.7 Å². The van der Waals surface area contributed by atoms with Crippen molar-refractivity contribution >= 4 is 62.5 Å². The van der Waals surface area contributed by atoms with Crippen molar-refractivity contribution in [3.05, 3.63) is 40.4 Å². The molecule has 8 heteroatoms. The fraction of sp³-hybridized carbons (Fsp3) is 0.154. The van der Waals surface area contributed by atoms with Crippen molar-refractivity contribution in [2.45, 2.75) is 11.8 Å². The van der Waals surface area contributed by atoms with Gasteiger partial charge in [0.25, 0.3) is 11.8 Å². The average molecular weight is 391 g/mol. The van der Waals surface area contributed by atoms with Gasteiger partial charge in [-0.15, -0.1) is 5.10 Å². The van der Waals surface area contributed by atoms with E-state index in [2.05, 4.69) is 32.9 Å². The number of hydrogen-bond acceptors (Lipinski definition) is 3. The maximum atomic E-state index is 12.2. The van der Waals surface area contributed by atoms with E-state index in [0.29, 0.717) is 21.3 Å². The summed E-state index contributed by atoms with van der Waals surface area (Å²) in [5.74, 6) is -0.620. The molecule has 110 valence electrons. The minimum absolute atomic E-state index is 0.170. The Kier molecular flexibility index (Phi) is 4.70. The molecule has 5 nitrogen and oxygen atoms in total. The fourth-order valence-corrected chi connectivity index (χ4v) is 2.33. The zero-order valence-electron chi connectivity index (χ0n) is 10.9. The summed E-state index contributed by atoms with van der Waals surface area (Å²) in [7, 11) is 0. The lowest BCUT2D eigenvalue weighted by atomic mass is 10.3. The summed E-state index contributed by atoms with van der Waals surface area (Å²) in [4.78, 5) is 23.1. The van der Waals surface area contributed by atoms with Crippen LogP contribution >= 0.6 is 39.1 Å². The summed E-state index contributed by atoms with van der Waals surface area (Å²) in [5, 5.41) is 8.44. The van der Waals surface area contributed by atoms with E-state index >= 15 is 0 Å². The first-order chi connectivity index (χ1) is 9.81. The Labute approximate surface area is 139 Å². The number of carbonyl (C=O) groups is 2. The zero-order valence-corrected chi connectivity index (χ0v) is 14.0. The van der Waals surface area contributed by atoms with Crippen molar-refractivity contribution < 1.29 is 9.59 Å². The standard InChI is InChI=1S/C13H10BrCl2N3O2/c1-6(2)12(20)17-11-10(14)13(21)19(18-11)9-5-7(15)3-4-8(9)16/h3-5,10H,1H2,2H3,(H,17,18,20). The summed E-state index contributed by atoms with van der Waals surface area (Å²) in [6.45, 7) is 5.08. The molecule has 0 saturated heterocycles. The quantitative estimate of drug-likeness (QED) is 0.622. The Morgan fingerprint density at radius 2 is 2.14 bits per heavy atom. The zero-order chi connectivity index (χ0) is 15.7. The van der Waals surface area contributed by atoms with Crippen LogP contribution in [0, 0.1) is 0 Å². The van der Waals surface area contributed by atoms with Crippen LogP contribution in [0.15, 0.2) is 35.5 Å². The number of hydrazone groups is 1. The Bertz CT molecular complexity index is 675. The summed E-state index contributed by atoms with van der Waals surface area (Å²) >= 11 is 15.1. The molecule has 1 atom stereocenters. The molecular weight excluding hydrogens is 381 g/mol. The van der Waals surface area contributed by atoms with Gasteiger partial charge in [-0.2, -0.15) is 5.01 Å². The Balaban J connectivity index is 2.35.